The molecular weight excluding hydrogens is 228 g/mol. The lowest BCUT2D eigenvalue weighted by Crippen LogP contribution is -2.32. The summed E-state index contributed by atoms with van der Waals surface area (Å²) >= 11 is 6.01. The number of nitrogens with one attached hydrogen (secondary N) is 1. The molecule has 0 radical (unpaired) electrons. The maximum absolute atomic E-state index is 6.01. The Morgan fingerprint density at radius 3 is 3.12 bits per heavy atom. The van der Waals surface area contributed by atoms with Crippen LogP contribution in [0.1, 0.15) is 19.8 Å². The minimum atomic E-state index is 0.268. The van der Waals surface area contributed by atoms with Crippen LogP contribution >= 0.6 is 11.6 Å². The van der Waals surface area contributed by atoms with Crippen LogP contribution in [0, 0.1) is 0 Å². The second-order valence-corrected chi connectivity index (χ2v) is 4.35. The molecule has 1 aromatic heterocycles. The third-order valence-electron chi connectivity index (χ3n) is 2.64. The van der Waals surface area contributed by atoms with E-state index in [1.54, 1.807) is 0 Å². The van der Waals surface area contributed by atoms with Crippen molar-refractivity contribution in [2.24, 2.45) is 0 Å². The van der Waals surface area contributed by atoms with Gasteiger partial charge in [-0.25, -0.2) is 9.97 Å². The fourth-order valence-electron chi connectivity index (χ4n) is 1.81. The Kier molecular flexibility index (Phi) is 3.46. The molecule has 3 N–H and O–H groups in total. The van der Waals surface area contributed by atoms with E-state index in [1.165, 1.54) is 6.33 Å². The Morgan fingerprint density at radius 2 is 2.38 bits per heavy atom. The molecule has 88 valence electrons. The van der Waals surface area contributed by atoms with Crippen molar-refractivity contribution >= 4 is 23.2 Å². The third kappa shape index (κ3) is 2.54. The molecule has 1 fully saturated rings. The molecule has 0 aromatic carbocycles. The summed E-state index contributed by atoms with van der Waals surface area (Å²) in [4.78, 5) is 7.90. The summed E-state index contributed by atoms with van der Waals surface area (Å²) in [5, 5.41) is 3.67. The number of halogens is 1. The number of hydrogen-bond acceptors (Lipinski definition) is 5. The minimum Gasteiger partial charge on any atom is -0.382 e. The molecule has 2 rings (SSSR count). The number of ether oxygens (including phenoxy) is 1. The van der Waals surface area contributed by atoms with Gasteiger partial charge in [-0.3, -0.25) is 0 Å². The molecule has 0 bridgehead atoms. The topological polar surface area (TPSA) is 73.1 Å². The molecule has 1 aromatic rings. The van der Waals surface area contributed by atoms with E-state index >= 15 is 0 Å². The highest BCUT2D eigenvalue weighted by Gasteiger charge is 2.20. The highest BCUT2D eigenvalue weighted by Crippen LogP contribution is 2.26. The molecule has 6 heteroatoms. The normalized spacial score (nSPS) is 25.4. The zero-order chi connectivity index (χ0) is 11.5. The number of anilines is 2. The van der Waals surface area contributed by atoms with E-state index in [2.05, 4.69) is 22.2 Å². The number of aromatic nitrogens is 2. The maximum atomic E-state index is 6.01. The van der Waals surface area contributed by atoms with E-state index in [1.807, 2.05) is 0 Å². The average Bonchev–Trinajstić information content (AvgIpc) is 2.25. The highest BCUT2D eigenvalue weighted by molar-refractivity contribution is 6.35. The van der Waals surface area contributed by atoms with Crippen molar-refractivity contribution in [1.82, 2.24) is 9.97 Å². The summed E-state index contributed by atoms with van der Waals surface area (Å²) < 4.78 is 5.47. The van der Waals surface area contributed by atoms with Gasteiger partial charge in [0.05, 0.1) is 6.10 Å². The highest BCUT2D eigenvalue weighted by atomic mass is 35.5. The van der Waals surface area contributed by atoms with Crippen LogP contribution < -0.4 is 11.1 Å². The van der Waals surface area contributed by atoms with Crippen LogP contribution in [0.25, 0.3) is 0 Å². The second kappa shape index (κ2) is 4.84. The predicted octanol–water partition coefficient (Wildman–Crippen LogP) is 1.69. The molecule has 1 aliphatic heterocycles. The van der Waals surface area contributed by atoms with E-state index < -0.39 is 0 Å². The van der Waals surface area contributed by atoms with Gasteiger partial charge in [-0.2, -0.15) is 0 Å². The number of nitrogen functional groups attached to an aromatic ring is 1. The molecule has 0 aliphatic carbocycles. The smallest absolute Gasteiger partial charge is 0.150 e. The number of nitrogens with zero attached hydrogens (tertiary/aromatic N) is 2. The quantitative estimate of drug-likeness (QED) is 0.826. The largest absolute Gasteiger partial charge is 0.382 e. The lowest BCUT2D eigenvalue weighted by Gasteiger charge is -2.28. The van der Waals surface area contributed by atoms with Gasteiger partial charge in [-0.05, 0) is 19.8 Å². The summed E-state index contributed by atoms with van der Waals surface area (Å²) in [5.41, 5.74) is 5.61. The van der Waals surface area contributed by atoms with Crippen molar-refractivity contribution in [2.45, 2.75) is 31.9 Å². The summed E-state index contributed by atoms with van der Waals surface area (Å²) in [6.07, 6.45) is 3.57. The van der Waals surface area contributed by atoms with Crippen molar-refractivity contribution in [2.75, 3.05) is 17.7 Å². The fraction of sp³-hybridized carbons (Fsp3) is 0.600. The van der Waals surface area contributed by atoms with E-state index in [-0.39, 0.29) is 6.10 Å². The van der Waals surface area contributed by atoms with Crippen LogP contribution in [0.2, 0.25) is 5.02 Å². The Morgan fingerprint density at radius 1 is 1.56 bits per heavy atom. The van der Waals surface area contributed by atoms with E-state index in [0.29, 0.717) is 22.7 Å². The molecule has 2 atom stereocenters. The van der Waals surface area contributed by atoms with Crippen LogP contribution in [0.15, 0.2) is 6.33 Å². The molecule has 2 unspecified atom stereocenters. The first-order valence-corrected chi connectivity index (χ1v) is 5.68. The van der Waals surface area contributed by atoms with Crippen molar-refractivity contribution in [3.05, 3.63) is 11.3 Å². The van der Waals surface area contributed by atoms with Gasteiger partial charge in [-0.1, -0.05) is 11.6 Å². The van der Waals surface area contributed by atoms with Crippen LogP contribution in [0.4, 0.5) is 11.6 Å². The van der Waals surface area contributed by atoms with E-state index in [9.17, 15) is 0 Å². The van der Waals surface area contributed by atoms with Gasteiger partial charge in [0.1, 0.15) is 17.2 Å². The van der Waals surface area contributed by atoms with Gasteiger partial charge >= 0.3 is 0 Å². The molecule has 0 saturated carbocycles. The summed E-state index contributed by atoms with van der Waals surface area (Å²) in [5.74, 6) is 0.910. The van der Waals surface area contributed by atoms with Crippen LogP contribution in [-0.2, 0) is 4.74 Å². The van der Waals surface area contributed by atoms with Crippen molar-refractivity contribution in [3.63, 3.8) is 0 Å². The van der Waals surface area contributed by atoms with Crippen molar-refractivity contribution < 1.29 is 4.74 Å². The Hall–Kier alpha value is -1.07. The van der Waals surface area contributed by atoms with Gasteiger partial charge < -0.3 is 15.8 Å². The zero-order valence-corrected chi connectivity index (χ0v) is 9.87. The molecular formula is C10H15ClN4O. The molecule has 1 aliphatic rings. The van der Waals surface area contributed by atoms with E-state index in [0.717, 1.165) is 19.4 Å². The Balaban J connectivity index is 2.05. The van der Waals surface area contributed by atoms with Crippen LogP contribution in [0.5, 0.6) is 0 Å². The van der Waals surface area contributed by atoms with Gasteiger partial charge in [0.2, 0.25) is 0 Å². The molecule has 1 saturated heterocycles. The van der Waals surface area contributed by atoms with Gasteiger partial charge in [0.15, 0.2) is 5.82 Å². The van der Waals surface area contributed by atoms with Gasteiger partial charge in [0, 0.05) is 12.6 Å². The predicted molar refractivity (Wildman–Crippen MR) is 63.5 cm³/mol. The van der Waals surface area contributed by atoms with Crippen molar-refractivity contribution in [1.29, 1.82) is 0 Å². The number of hydrogen-bond donors (Lipinski definition) is 2. The van der Waals surface area contributed by atoms with Crippen LogP contribution in [0.3, 0.4) is 0 Å². The first kappa shape index (κ1) is 11.4. The average molecular weight is 243 g/mol. The SMILES string of the molecule is CC1CC(Nc2ncnc(N)c2Cl)CCO1. The van der Waals surface area contributed by atoms with Crippen LogP contribution in [-0.4, -0.2) is 28.7 Å². The number of rotatable bonds is 2. The first-order chi connectivity index (χ1) is 7.66. The minimum absolute atomic E-state index is 0.268. The first-order valence-electron chi connectivity index (χ1n) is 5.31. The molecule has 0 amide bonds. The Bertz CT molecular complexity index is 374. The Labute approximate surface area is 99.4 Å². The zero-order valence-electron chi connectivity index (χ0n) is 9.11. The third-order valence-corrected chi connectivity index (χ3v) is 3.02. The lowest BCUT2D eigenvalue weighted by molar-refractivity contribution is 0.0232. The monoisotopic (exact) mass is 242 g/mol. The molecule has 0 spiro atoms. The molecule has 16 heavy (non-hydrogen) atoms. The maximum Gasteiger partial charge on any atom is 0.150 e. The second-order valence-electron chi connectivity index (χ2n) is 3.97. The standard InChI is InChI=1S/C10H15ClN4O/c1-6-4-7(2-3-16-6)15-10-8(11)9(12)13-5-14-10/h5-7H,2-4H2,1H3,(H3,12,13,14,15). The molecule has 5 nitrogen and oxygen atoms in total. The number of nitrogens with two attached hydrogens (primary N) is 1. The molecule has 2 heterocycles. The lowest BCUT2D eigenvalue weighted by atomic mass is 10.0. The van der Waals surface area contributed by atoms with Crippen molar-refractivity contribution in [3.8, 4) is 0 Å². The van der Waals surface area contributed by atoms with E-state index in [4.69, 9.17) is 22.1 Å². The van der Waals surface area contributed by atoms with Gasteiger partial charge in [-0.15, -0.1) is 0 Å². The summed E-state index contributed by atoms with van der Waals surface area (Å²) in [6.45, 7) is 2.82. The fourth-order valence-corrected chi connectivity index (χ4v) is 1.96. The summed E-state index contributed by atoms with van der Waals surface area (Å²) in [7, 11) is 0. The van der Waals surface area contributed by atoms with Gasteiger partial charge in [0.25, 0.3) is 0 Å². The summed E-state index contributed by atoms with van der Waals surface area (Å²) in [6, 6.07) is 0.329.